The van der Waals surface area contributed by atoms with Gasteiger partial charge in [0.1, 0.15) is 0 Å². The Labute approximate surface area is 127 Å². The smallest absolute Gasteiger partial charge is 0.269 e. The summed E-state index contributed by atoms with van der Waals surface area (Å²) in [5.41, 5.74) is 0.849. The Morgan fingerprint density at radius 1 is 1.20 bits per heavy atom. The molecule has 0 atom stereocenters. The number of hydrogen-bond acceptors (Lipinski definition) is 3. The van der Waals surface area contributed by atoms with Gasteiger partial charge in [-0.05, 0) is 46.3 Å². The number of rotatable bonds is 3. The molecule has 0 radical (unpaired) electrons. The zero-order chi connectivity index (χ0) is 14.7. The van der Waals surface area contributed by atoms with E-state index < -0.39 is 4.92 Å². The van der Waals surface area contributed by atoms with Gasteiger partial charge < -0.3 is 5.32 Å². The molecule has 0 fully saturated rings. The van der Waals surface area contributed by atoms with Gasteiger partial charge in [0.25, 0.3) is 11.6 Å². The predicted molar refractivity (Wildman–Crippen MR) is 80.2 cm³/mol. The number of carbonyl (C=O) groups excluding carboxylic acids is 1. The summed E-state index contributed by atoms with van der Waals surface area (Å²) >= 11 is 9.12. The van der Waals surface area contributed by atoms with E-state index in [4.69, 9.17) is 11.6 Å². The Bertz CT molecular complexity index is 674. The number of hydrogen-bond donors (Lipinski definition) is 1. The summed E-state index contributed by atoms with van der Waals surface area (Å²) in [6.07, 6.45) is 0. The van der Waals surface area contributed by atoms with Crippen LogP contribution in [0.5, 0.6) is 0 Å². The average Bonchev–Trinajstić information content (AvgIpc) is 2.43. The third-order valence-corrected chi connectivity index (χ3v) is 3.73. The van der Waals surface area contributed by atoms with Crippen LogP contribution in [0, 0.1) is 10.1 Å². The van der Waals surface area contributed by atoms with Gasteiger partial charge in [-0.3, -0.25) is 14.9 Å². The molecule has 0 aliphatic carbocycles. The molecule has 0 spiro atoms. The number of amides is 1. The molecule has 7 heteroatoms. The van der Waals surface area contributed by atoms with E-state index in [0.29, 0.717) is 20.7 Å². The van der Waals surface area contributed by atoms with Crippen LogP contribution in [0.2, 0.25) is 5.02 Å². The SMILES string of the molecule is O=C(Nc1ccc(Cl)c(Br)c1)c1ccc([N+](=O)[O-])cc1. The normalized spacial score (nSPS) is 10.1. The van der Waals surface area contributed by atoms with Gasteiger partial charge in [0.05, 0.1) is 9.95 Å². The molecule has 0 aliphatic heterocycles. The second-order valence-corrected chi connectivity index (χ2v) is 5.15. The lowest BCUT2D eigenvalue weighted by Crippen LogP contribution is -2.11. The highest BCUT2D eigenvalue weighted by Gasteiger charge is 2.10. The van der Waals surface area contributed by atoms with Crippen LogP contribution in [0.4, 0.5) is 11.4 Å². The predicted octanol–water partition coefficient (Wildman–Crippen LogP) is 4.26. The number of carbonyl (C=O) groups is 1. The summed E-state index contributed by atoms with van der Waals surface area (Å²) in [7, 11) is 0. The van der Waals surface area contributed by atoms with Crippen LogP contribution in [-0.2, 0) is 0 Å². The molecule has 0 aliphatic rings. The molecule has 2 aromatic carbocycles. The van der Waals surface area contributed by atoms with Crippen molar-refractivity contribution >= 4 is 44.8 Å². The standard InChI is InChI=1S/C13H8BrClN2O3/c14-11-7-9(3-6-12(11)15)16-13(18)8-1-4-10(5-2-8)17(19)20/h1-7H,(H,16,18). The molecule has 20 heavy (non-hydrogen) atoms. The Hall–Kier alpha value is -1.92. The quantitative estimate of drug-likeness (QED) is 0.660. The summed E-state index contributed by atoms with van der Waals surface area (Å²) < 4.78 is 0.667. The molecule has 1 N–H and O–H groups in total. The topological polar surface area (TPSA) is 72.2 Å². The summed E-state index contributed by atoms with van der Waals surface area (Å²) in [6, 6.07) is 10.4. The van der Waals surface area contributed by atoms with E-state index in [9.17, 15) is 14.9 Å². The van der Waals surface area contributed by atoms with Gasteiger partial charge in [-0.2, -0.15) is 0 Å². The summed E-state index contributed by atoms with van der Waals surface area (Å²) in [4.78, 5) is 22.0. The zero-order valence-corrected chi connectivity index (χ0v) is 12.3. The zero-order valence-electron chi connectivity index (χ0n) is 9.97. The van der Waals surface area contributed by atoms with E-state index in [1.54, 1.807) is 18.2 Å². The van der Waals surface area contributed by atoms with E-state index in [2.05, 4.69) is 21.2 Å². The molecule has 1 amide bonds. The number of non-ortho nitro benzene ring substituents is 1. The second-order valence-electron chi connectivity index (χ2n) is 3.89. The minimum Gasteiger partial charge on any atom is -0.322 e. The van der Waals surface area contributed by atoms with E-state index in [1.165, 1.54) is 24.3 Å². The van der Waals surface area contributed by atoms with Crippen LogP contribution < -0.4 is 5.32 Å². The highest BCUT2D eigenvalue weighted by molar-refractivity contribution is 9.10. The Morgan fingerprint density at radius 2 is 1.85 bits per heavy atom. The van der Waals surface area contributed by atoms with Crippen molar-refractivity contribution in [3.8, 4) is 0 Å². The molecule has 5 nitrogen and oxygen atoms in total. The monoisotopic (exact) mass is 354 g/mol. The van der Waals surface area contributed by atoms with Crippen LogP contribution >= 0.6 is 27.5 Å². The van der Waals surface area contributed by atoms with E-state index >= 15 is 0 Å². The van der Waals surface area contributed by atoms with Crippen molar-refractivity contribution in [2.45, 2.75) is 0 Å². The third-order valence-electron chi connectivity index (χ3n) is 2.52. The van der Waals surface area contributed by atoms with Crippen LogP contribution in [0.3, 0.4) is 0 Å². The number of nitrogens with zero attached hydrogens (tertiary/aromatic N) is 1. The highest BCUT2D eigenvalue weighted by Crippen LogP contribution is 2.25. The van der Waals surface area contributed by atoms with E-state index in [1.807, 2.05) is 0 Å². The van der Waals surface area contributed by atoms with Crippen LogP contribution in [-0.4, -0.2) is 10.8 Å². The van der Waals surface area contributed by atoms with Crippen molar-refractivity contribution in [3.05, 3.63) is 67.6 Å². The van der Waals surface area contributed by atoms with E-state index in [0.717, 1.165) is 0 Å². The number of nitro benzene ring substituents is 1. The van der Waals surface area contributed by atoms with Gasteiger partial charge in [0, 0.05) is 27.9 Å². The van der Waals surface area contributed by atoms with Crippen LogP contribution in [0.1, 0.15) is 10.4 Å². The maximum atomic E-state index is 12.0. The molecule has 0 aromatic heterocycles. The maximum Gasteiger partial charge on any atom is 0.269 e. The Balaban J connectivity index is 2.15. The first-order valence-corrected chi connectivity index (χ1v) is 6.65. The summed E-state index contributed by atoms with van der Waals surface area (Å²) in [5, 5.41) is 13.7. The first-order valence-electron chi connectivity index (χ1n) is 5.48. The fraction of sp³-hybridized carbons (Fsp3) is 0. The lowest BCUT2D eigenvalue weighted by Gasteiger charge is -2.06. The number of benzene rings is 2. The number of nitro groups is 1. The number of nitrogens with one attached hydrogen (secondary N) is 1. The average molecular weight is 356 g/mol. The van der Waals surface area contributed by atoms with Crippen molar-refractivity contribution in [2.75, 3.05) is 5.32 Å². The van der Waals surface area contributed by atoms with Gasteiger partial charge in [-0.1, -0.05) is 11.6 Å². The molecule has 0 saturated carbocycles. The molecule has 0 saturated heterocycles. The lowest BCUT2D eigenvalue weighted by atomic mass is 10.2. The lowest BCUT2D eigenvalue weighted by molar-refractivity contribution is -0.384. The molecule has 2 aromatic rings. The molecule has 102 valence electrons. The summed E-state index contributed by atoms with van der Waals surface area (Å²) in [5.74, 6) is -0.353. The Kier molecular flexibility index (Phi) is 4.36. The molecular weight excluding hydrogens is 348 g/mol. The fourth-order valence-electron chi connectivity index (χ4n) is 1.51. The second kappa shape index (κ2) is 6.02. The minimum atomic E-state index is -0.516. The van der Waals surface area contributed by atoms with Gasteiger partial charge in [0.15, 0.2) is 0 Å². The van der Waals surface area contributed by atoms with Gasteiger partial charge >= 0.3 is 0 Å². The van der Waals surface area contributed by atoms with Crippen LogP contribution in [0.25, 0.3) is 0 Å². The molecule has 0 heterocycles. The highest BCUT2D eigenvalue weighted by atomic mass is 79.9. The first kappa shape index (κ1) is 14.5. The minimum absolute atomic E-state index is 0.0595. The number of anilines is 1. The first-order chi connectivity index (χ1) is 9.47. The van der Waals surface area contributed by atoms with Crippen molar-refractivity contribution < 1.29 is 9.72 Å². The van der Waals surface area contributed by atoms with Crippen molar-refractivity contribution in [3.63, 3.8) is 0 Å². The van der Waals surface area contributed by atoms with Crippen LogP contribution in [0.15, 0.2) is 46.9 Å². The van der Waals surface area contributed by atoms with Crippen molar-refractivity contribution in [1.82, 2.24) is 0 Å². The van der Waals surface area contributed by atoms with Gasteiger partial charge in [-0.15, -0.1) is 0 Å². The van der Waals surface area contributed by atoms with Gasteiger partial charge in [0.2, 0.25) is 0 Å². The molecule has 2 rings (SSSR count). The molecular formula is C13H8BrClN2O3. The largest absolute Gasteiger partial charge is 0.322 e. The van der Waals surface area contributed by atoms with Crippen molar-refractivity contribution in [2.24, 2.45) is 0 Å². The van der Waals surface area contributed by atoms with Crippen molar-refractivity contribution in [1.29, 1.82) is 0 Å². The fourth-order valence-corrected chi connectivity index (χ4v) is 2.01. The van der Waals surface area contributed by atoms with E-state index in [-0.39, 0.29) is 11.6 Å². The number of halogens is 2. The molecule has 0 unspecified atom stereocenters. The summed E-state index contributed by atoms with van der Waals surface area (Å²) in [6.45, 7) is 0. The third kappa shape index (κ3) is 3.34. The van der Waals surface area contributed by atoms with Gasteiger partial charge in [-0.25, -0.2) is 0 Å². The molecule has 0 bridgehead atoms. The Morgan fingerprint density at radius 3 is 2.40 bits per heavy atom. The maximum absolute atomic E-state index is 12.0.